The molecule has 0 radical (unpaired) electrons. The number of hydrogen-bond donors (Lipinski definition) is 1. The van der Waals surface area contributed by atoms with E-state index in [0.717, 1.165) is 22.6 Å². The van der Waals surface area contributed by atoms with E-state index in [1.165, 1.54) is 0 Å². The van der Waals surface area contributed by atoms with E-state index in [4.69, 9.17) is 9.47 Å². The first-order valence-electron chi connectivity index (χ1n) is 10.3. The maximum absolute atomic E-state index is 12.5. The Balaban J connectivity index is 1.56. The summed E-state index contributed by atoms with van der Waals surface area (Å²) in [7, 11) is 0. The highest BCUT2D eigenvalue weighted by molar-refractivity contribution is 5.95. The Morgan fingerprint density at radius 3 is 2.38 bits per heavy atom. The second-order valence-electron chi connectivity index (χ2n) is 7.60. The zero-order valence-corrected chi connectivity index (χ0v) is 18.7. The van der Waals surface area contributed by atoms with Crippen LogP contribution in [0.3, 0.4) is 0 Å². The summed E-state index contributed by atoms with van der Waals surface area (Å²) in [5, 5.41) is 4.04. The van der Waals surface area contributed by atoms with Crippen LogP contribution in [0.5, 0.6) is 5.75 Å². The highest BCUT2D eigenvalue weighted by atomic mass is 16.6. The number of nitrogens with zero attached hydrogens (tertiary/aromatic N) is 2. The molecule has 0 atom stereocenters. The summed E-state index contributed by atoms with van der Waals surface area (Å²) in [4.78, 5) is 24.0. The van der Waals surface area contributed by atoms with E-state index in [1.807, 2.05) is 44.2 Å². The van der Waals surface area contributed by atoms with Crippen LogP contribution in [0.25, 0.3) is 5.69 Å². The number of rotatable bonds is 8. The molecule has 32 heavy (non-hydrogen) atoms. The number of carbonyl (C=O) groups is 2. The van der Waals surface area contributed by atoms with Crippen LogP contribution in [0.4, 0.5) is 0 Å². The lowest BCUT2D eigenvalue weighted by atomic mass is 10.2. The van der Waals surface area contributed by atoms with Crippen LogP contribution < -0.4 is 10.2 Å². The summed E-state index contributed by atoms with van der Waals surface area (Å²) >= 11 is 0. The molecule has 1 heterocycles. The Morgan fingerprint density at radius 1 is 1.03 bits per heavy atom. The van der Waals surface area contributed by atoms with Gasteiger partial charge in [0.05, 0.1) is 12.3 Å². The van der Waals surface area contributed by atoms with Gasteiger partial charge in [0.2, 0.25) is 0 Å². The molecular weight excluding hydrogens is 406 g/mol. The lowest BCUT2D eigenvalue weighted by molar-refractivity contribution is -0.149. The molecular formula is C25H27N3O4. The molecule has 0 aliphatic rings. The van der Waals surface area contributed by atoms with Crippen LogP contribution >= 0.6 is 0 Å². The summed E-state index contributed by atoms with van der Waals surface area (Å²) in [6.45, 7) is 7.47. The van der Waals surface area contributed by atoms with Crippen LogP contribution in [-0.2, 0) is 9.53 Å². The van der Waals surface area contributed by atoms with Crippen molar-refractivity contribution in [2.24, 2.45) is 5.10 Å². The molecule has 7 heteroatoms. The third-order valence-electron chi connectivity index (χ3n) is 4.62. The molecule has 0 aliphatic carbocycles. The van der Waals surface area contributed by atoms with Crippen molar-refractivity contribution in [1.29, 1.82) is 0 Å². The number of aryl methyl sites for hydroxylation is 2. The lowest BCUT2D eigenvalue weighted by Crippen LogP contribution is -2.18. The molecule has 1 N–H and O–H groups in total. The minimum absolute atomic E-state index is 0.150. The van der Waals surface area contributed by atoms with Gasteiger partial charge in [0.1, 0.15) is 5.75 Å². The number of aromatic nitrogens is 1. The Morgan fingerprint density at radius 2 is 1.72 bits per heavy atom. The van der Waals surface area contributed by atoms with E-state index >= 15 is 0 Å². The number of benzene rings is 2. The van der Waals surface area contributed by atoms with Crippen LogP contribution in [0.2, 0.25) is 0 Å². The van der Waals surface area contributed by atoms with Crippen molar-refractivity contribution in [2.45, 2.75) is 33.8 Å². The van der Waals surface area contributed by atoms with Gasteiger partial charge in [-0.1, -0.05) is 6.07 Å². The fraction of sp³-hybridized carbons (Fsp3) is 0.240. The molecule has 166 valence electrons. The monoisotopic (exact) mass is 433 g/mol. The number of ether oxygens (including phenoxy) is 2. The summed E-state index contributed by atoms with van der Waals surface area (Å²) in [5.74, 6) is -0.173. The minimum Gasteiger partial charge on any atom is -0.482 e. The second kappa shape index (κ2) is 10.4. The van der Waals surface area contributed by atoms with Gasteiger partial charge in [-0.2, -0.15) is 5.10 Å². The lowest BCUT2D eigenvalue weighted by Gasteiger charge is -2.10. The second-order valence-corrected chi connectivity index (χ2v) is 7.60. The number of amides is 1. The molecule has 0 bridgehead atoms. The highest BCUT2D eigenvalue weighted by Gasteiger charge is 2.09. The van der Waals surface area contributed by atoms with Gasteiger partial charge in [-0.15, -0.1) is 0 Å². The quantitative estimate of drug-likeness (QED) is 0.328. The zero-order valence-electron chi connectivity index (χ0n) is 18.7. The number of carbonyl (C=O) groups excluding carboxylic acids is 2. The van der Waals surface area contributed by atoms with Crippen LogP contribution in [0.15, 0.2) is 65.8 Å². The van der Waals surface area contributed by atoms with Gasteiger partial charge in [-0.3, -0.25) is 4.79 Å². The number of esters is 1. The van der Waals surface area contributed by atoms with Crippen molar-refractivity contribution >= 4 is 18.1 Å². The number of nitrogens with one attached hydrogen (secondary N) is 1. The van der Waals surface area contributed by atoms with E-state index in [9.17, 15) is 9.59 Å². The molecule has 0 saturated carbocycles. The van der Waals surface area contributed by atoms with Crippen molar-refractivity contribution in [1.82, 2.24) is 9.99 Å². The van der Waals surface area contributed by atoms with Gasteiger partial charge in [0.15, 0.2) is 6.61 Å². The molecule has 1 aromatic heterocycles. The molecule has 0 saturated heterocycles. The van der Waals surface area contributed by atoms with E-state index in [2.05, 4.69) is 15.1 Å². The van der Waals surface area contributed by atoms with Gasteiger partial charge < -0.3 is 14.0 Å². The van der Waals surface area contributed by atoms with Crippen molar-refractivity contribution in [3.05, 3.63) is 83.2 Å². The van der Waals surface area contributed by atoms with Crippen LogP contribution in [0.1, 0.15) is 41.2 Å². The molecule has 2 aromatic carbocycles. The maximum atomic E-state index is 12.5. The molecule has 1 amide bonds. The largest absolute Gasteiger partial charge is 0.482 e. The van der Waals surface area contributed by atoms with Gasteiger partial charge >= 0.3 is 5.97 Å². The van der Waals surface area contributed by atoms with Crippen molar-refractivity contribution < 1.29 is 19.1 Å². The van der Waals surface area contributed by atoms with Gasteiger partial charge in [-0.25, -0.2) is 10.2 Å². The topological polar surface area (TPSA) is 81.9 Å². The maximum Gasteiger partial charge on any atom is 0.344 e. The molecule has 0 spiro atoms. The number of hydrazone groups is 1. The normalized spacial score (nSPS) is 11.0. The SMILES string of the molecule is Cc1ccc(C)n1-c1cccc(C(=O)N/N=C\c2ccc(OCC(=O)OC(C)C)cc2)c1. The first-order valence-corrected chi connectivity index (χ1v) is 10.3. The van der Waals surface area contributed by atoms with Crippen molar-refractivity contribution in [3.8, 4) is 11.4 Å². The standard InChI is InChI=1S/C25H27N3O4/c1-17(2)32-24(29)16-31-23-12-10-20(11-13-23)15-26-27-25(30)21-6-5-7-22(14-21)28-18(3)8-9-19(28)4/h5-15,17H,16H2,1-4H3,(H,27,30)/b26-15-. The summed E-state index contributed by atoms with van der Waals surface area (Å²) in [6.07, 6.45) is 1.36. The van der Waals surface area contributed by atoms with Crippen molar-refractivity contribution in [3.63, 3.8) is 0 Å². The third-order valence-corrected chi connectivity index (χ3v) is 4.62. The molecule has 0 unspecified atom stereocenters. The summed E-state index contributed by atoms with van der Waals surface area (Å²) in [5.41, 5.74) is 6.97. The van der Waals surface area contributed by atoms with E-state index in [0.29, 0.717) is 11.3 Å². The van der Waals surface area contributed by atoms with E-state index in [1.54, 1.807) is 50.4 Å². The molecule has 7 nitrogen and oxygen atoms in total. The molecule has 0 fully saturated rings. The average molecular weight is 434 g/mol. The fourth-order valence-corrected chi connectivity index (χ4v) is 3.18. The van der Waals surface area contributed by atoms with Gasteiger partial charge in [-0.05, 0) is 87.9 Å². The summed E-state index contributed by atoms with van der Waals surface area (Å²) in [6, 6.07) is 18.5. The molecule has 0 aliphatic heterocycles. The zero-order chi connectivity index (χ0) is 23.1. The summed E-state index contributed by atoms with van der Waals surface area (Å²) < 4.78 is 12.5. The predicted molar refractivity (Wildman–Crippen MR) is 123 cm³/mol. The highest BCUT2D eigenvalue weighted by Crippen LogP contribution is 2.17. The van der Waals surface area contributed by atoms with Crippen molar-refractivity contribution in [2.75, 3.05) is 6.61 Å². The Kier molecular flexibility index (Phi) is 7.44. The Labute approximate surface area is 187 Å². The number of hydrogen-bond acceptors (Lipinski definition) is 5. The predicted octanol–water partition coefficient (Wildman–Crippen LogP) is 4.19. The van der Waals surface area contributed by atoms with Gasteiger partial charge in [0, 0.05) is 22.6 Å². The Hall–Kier alpha value is -3.87. The van der Waals surface area contributed by atoms with E-state index in [-0.39, 0.29) is 18.6 Å². The first-order chi connectivity index (χ1) is 15.3. The van der Waals surface area contributed by atoms with Crippen LogP contribution in [-0.4, -0.2) is 35.4 Å². The first kappa shape index (κ1) is 22.8. The van der Waals surface area contributed by atoms with Gasteiger partial charge in [0.25, 0.3) is 5.91 Å². The average Bonchev–Trinajstić information content (AvgIpc) is 3.10. The minimum atomic E-state index is -0.417. The third kappa shape index (κ3) is 6.07. The molecule has 3 rings (SSSR count). The van der Waals surface area contributed by atoms with E-state index < -0.39 is 5.97 Å². The smallest absolute Gasteiger partial charge is 0.344 e. The fourth-order valence-electron chi connectivity index (χ4n) is 3.18. The molecule has 3 aromatic rings. The Bertz CT molecular complexity index is 1090. The van der Waals surface area contributed by atoms with Crippen LogP contribution in [0, 0.1) is 13.8 Å².